The van der Waals surface area contributed by atoms with E-state index >= 15 is 0 Å². The molecule has 0 radical (unpaired) electrons. The van der Waals surface area contributed by atoms with E-state index in [2.05, 4.69) is 53.3 Å². The largest absolute Gasteiger partial charge is 0.482 e. The standard InChI is InChI=1S/C31H44O2/c1-22(2)12-9-13-23(3)14-10-15-24(4)16-11-20-31(6)21-19-26-25(5)29(32)27-17-7-8-18-28(27)30(26)33-31/h7-8,17-19,21-24H,5,9-16,20H2,1-4,6H3/t23-,24-,31?/m1/s1. The molecule has 1 unspecified atom stereocenters. The molecule has 0 spiro atoms. The number of benzene rings is 1. The Hall–Kier alpha value is -2.09. The lowest BCUT2D eigenvalue weighted by Crippen LogP contribution is -2.31. The molecular weight excluding hydrogens is 404 g/mol. The smallest absolute Gasteiger partial charge is 0.193 e. The highest BCUT2D eigenvalue weighted by atomic mass is 16.5. The Labute approximate surface area is 202 Å². The van der Waals surface area contributed by atoms with Gasteiger partial charge in [-0.25, -0.2) is 0 Å². The summed E-state index contributed by atoms with van der Waals surface area (Å²) >= 11 is 0. The summed E-state index contributed by atoms with van der Waals surface area (Å²) in [4.78, 5) is 12.7. The molecule has 0 saturated heterocycles. The van der Waals surface area contributed by atoms with Crippen molar-refractivity contribution >= 4 is 11.5 Å². The molecule has 0 aromatic heterocycles. The van der Waals surface area contributed by atoms with E-state index in [1.165, 1.54) is 44.9 Å². The van der Waals surface area contributed by atoms with Crippen LogP contribution < -0.4 is 0 Å². The number of carbonyl (C=O) groups excluding carboxylic acids is 1. The number of carbonyl (C=O) groups is 1. The predicted octanol–water partition coefficient (Wildman–Crippen LogP) is 8.93. The highest BCUT2D eigenvalue weighted by Gasteiger charge is 2.35. The maximum Gasteiger partial charge on any atom is 0.193 e. The summed E-state index contributed by atoms with van der Waals surface area (Å²) in [7, 11) is 0. The van der Waals surface area contributed by atoms with E-state index in [0.29, 0.717) is 11.1 Å². The average molecular weight is 449 g/mol. The minimum absolute atomic E-state index is 0.00395. The van der Waals surface area contributed by atoms with Gasteiger partial charge in [0.25, 0.3) is 0 Å². The Morgan fingerprint density at radius 2 is 1.45 bits per heavy atom. The number of ketones is 1. The summed E-state index contributed by atoms with van der Waals surface area (Å²) in [6, 6.07) is 7.73. The molecule has 0 fully saturated rings. The number of Topliss-reactive ketones (excluding diaryl/α,β-unsaturated/α-hetero) is 1. The first-order valence-electron chi connectivity index (χ1n) is 13.2. The van der Waals surface area contributed by atoms with Gasteiger partial charge in [0, 0.05) is 22.3 Å². The van der Waals surface area contributed by atoms with Crippen LogP contribution in [0.3, 0.4) is 0 Å². The van der Waals surface area contributed by atoms with Crippen LogP contribution in [0.2, 0.25) is 0 Å². The van der Waals surface area contributed by atoms with Crippen LogP contribution in [-0.4, -0.2) is 11.4 Å². The molecule has 2 nitrogen and oxygen atoms in total. The van der Waals surface area contributed by atoms with Gasteiger partial charge in [-0.15, -0.1) is 0 Å². The van der Waals surface area contributed by atoms with E-state index in [4.69, 9.17) is 4.74 Å². The molecule has 2 heteroatoms. The van der Waals surface area contributed by atoms with E-state index in [-0.39, 0.29) is 11.4 Å². The zero-order valence-electron chi connectivity index (χ0n) is 21.6. The summed E-state index contributed by atoms with van der Waals surface area (Å²) in [6.07, 6.45) is 15.7. The molecule has 1 aliphatic heterocycles. The van der Waals surface area contributed by atoms with E-state index < -0.39 is 0 Å². The molecule has 1 aromatic rings. The van der Waals surface area contributed by atoms with Crippen LogP contribution in [0, 0.1) is 17.8 Å². The summed E-state index contributed by atoms with van der Waals surface area (Å²) < 4.78 is 6.55. The van der Waals surface area contributed by atoms with Crippen LogP contribution in [0.15, 0.2) is 54.1 Å². The Morgan fingerprint density at radius 3 is 2.09 bits per heavy atom. The lowest BCUT2D eigenvalue weighted by Gasteiger charge is -2.36. The first kappa shape index (κ1) is 25.5. The van der Waals surface area contributed by atoms with Gasteiger partial charge in [-0.1, -0.05) is 110 Å². The summed E-state index contributed by atoms with van der Waals surface area (Å²) in [5.74, 6) is 3.27. The Morgan fingerprint density at radius 1 is 0.879 bits per heavy atom. The second-order valence-corrected chi connectivity index (χ2v) is 11.2. The fourth-order valence-electron chi connectivity index (χ4n) is 5.17. The third-order valence-corrected chi connectivity index (χ3v) is 7.44. The maximum atomic E-state index is 12.7. The van der Waals surface area contributed by atoms with Crippen LogP contribution in [0.1, 0.15) is 108 Å². The van der Waals surface area contributed by atoms with Crippen molar-refractivity contribution < 1.29 is 9.53 Å². The minimum atomic E-state index is -0.336. The van der Waals surface area contributed by atoms with E-state index in [1.54, 1.807) is 0 Å². The Bertz CT molecular complexity index is 903. The quantitative estimate of drug-likeness (QED) is 0.298. The average Bonchev–Trinajstić information content (AvgIpc) is 2.77. The van der Waals surface area contributed by atoms with Gasteiger partial charge in [-0.3, -0.25) is 4.79 Å². The van der Waals surface area contributed by atoms with Gasteiger partial charge in [0.1, 0.15) is 11.4 Å². The van der Waals surface area contributed by atoms with Crippen LogP contribution in [0.4, 0.5) is 0 Å². The number of fused-ring (bicyclic) bond motifs is 2. The molecule has 1 heterocycles. The van der Waals surface area contributed by atoms with Crippen molar-refractivity contribution in [2.75, 3.05) is 0 Å². The zero-order valence-corrected chi connectivity index (χ0v) is 21.6. The summed E-state index contributed by atoms with van der Waals surface area (Å²) in [5, 5.41) is 0. The second kappa shape index (κ2) is 11.4. The monoisotopic (exact) mass is 448 g/mol. The maximum absolute atomic E-state index is 12.7. The van der Waals surface area contributed by atoms with Crippen molar-refractivity contribution in [3.63, 3.8) is 0 Å². The third-order valence-electron chi connectivity index (χ3n) is 7.44. The molecule has 0 saturated carbocycles. The van der Waals surface area contributed by atoms with Crippen molar-refractivity contribution in [2.45, 2.75) is 98.0 Å². The number of ether oxygens (including phenoxy) is 1. The van der Waals surface area contributed by atoms with E-state index in [0.717, 1.165) is 47.5 Å². The van der Waals surface area contributed by atoms with E-state index in [9.17, 15) is 4.79 Å². The predicted molar refractivity (Wildman–Crippen MR) is 140 cm³/mol. The third kappa shape index (κ3) is 6.71. The van der Waals surface area contributed by atoms with Crippen LogP contribution in [-0.2, 0) is 4.74 Å². The van der Waals surface area contributed by atoms with Gasteiger partial charge in [0.05, 0.1) is 0 Å². The highest BCUT2D eigenvalue weighted by Crippen LogP contribution is 2.42. The van der Waals surface area contributed by atoms with Crippen molar-refractivity contribution in [3.8, 4) is 0 Å². The molecule has 3 rings (SSSR count). The minimum Gasteiger partial charge on any atom is -0.482 e. The number of rotatable bonds is 12. The van der Waals surface area contributed by atoms with E-state index in [1.807, 2.05) is 24.3 Å². The lowest BCUT2D eigenvalue weighted by atomic mass is 9.82. The summed E-state index contributed by atoms with van der Waals surface area (Å²) in [5.41, 5.74) is 2.64. The van der Waals surface area contributed by atoms with Crippen molar-refractivity contribution in [1.82, 2.24) is 0 Å². The zero-order chi connectivity index (χ0) is 24.0. The van der Waals surface area contributed by atoms with Crippen LogP contribution in [0.5, 0.6) is 0 Å². The molecule has 180 valence electrons. The van der Waals surface area contributed by atoms with Gasteiger partial charge in [0.2, 0.25) is 0 Å². The Balaban J connectivity index is 1.44. The topological polar surface area (TPSA) is 26.3 Å². The highest BCUT2D eigenvalue weighted by molar-refractivity contribution is 6.18. The lowest BCUT2D eigenvalue weighted by molar-refractivity contribution is 0.0866. The second-order valence-electron chi connectivity index (χ2n) is 11.2. The molecule has 1 aromatic carbocycles. The number of allylic oxidation sites excluding steroid dienone is 3. The molecule has 0 N–H and O–H groups in total. The Kier molecular flexibility index (Phi) is 8.79. The van der Waals surface area contributed by atoms with Gasteiger partial charge in [-0.2, -0.15) is 0 Å². The number of hydrogen-bond acceptors (Lipinski definition) is 2. The molecule has 33 heavy (non-hydrogen) atoms. The van der Waals surface area contributed by atoms with Gasteiger partial charge in [0.15, 0.2) is 5.78 Å². The molecule has 0 amide bonds. The van der Waals surface area contributed by atoms with Crippen LogP contribution in [0.25, 0.3) is 5.76 Å². The molecular formula is C31H44O2. The number of hydrogen-bond donors (Lipinski definition) is 0. The van der Waals surface area contributed by atoms with Gasteiger partial charge >= 0.3 is 0 Å². The van der Waals surface area contributed by atoms with Crippen molar-refractivity contribution in [1.29, 1.82) is 0 Å². The van der Waals surface area contributed by atoms with Crippen molar-refractivity contribution in [3.05, 3.63) is 65.3 Å². The first-order valence-corrected chi connectivity index (χ1v) is 13.2. The fourth-order valence-corrected chi connectivity index (χ4v) is 5.17. The molecule has 0 bridgehead atoms. The normalized spacial score (nSPS) is 21.6. The van der Waals surface area contributed by atoms with Crippen molar-refractivity contribution in [2.24, 2.45) is 17.8 Å². The first-order chi connectivity index (χ1) is 15.7. The van der Waals surface area contributed by atoms with Gasteiger partial charge in [-0.05, 0) is 43.6 Å². The summed E-state index contributed by atoms with van der Waals surface area (Å²) in [6.45, 7) is 15.7. The SMILES string of the molecule is C=C1C(=O)c2ccccc2C2=C1C=CC(C)(CCC[C@H](C)CCC[C@H](C)CCCC(C)C)O2. The molecule has 3 atom stereocenters. The van der Waals surface area contributed by atoms with Gasteiger partial charge < -0.3 is 4.74 Å². The van der Waals surface area contributed by atoms with Crippen LogP contribution >= 0.6 is 0 Å². The fraction of sp³-hybridized carbons (Fsp3) is 0.581. The molecule has 2 aliphatic rings. The molecule has 1 aliphatic carbocycles.